The van der Waals surface area contributed by atoms with Crippen molar-refractivity contribution in [3.8, 4) is 17.2 Å². The third kappa shape index (κ3) is 7.45. The topological polar surface area (TPSA) is 68.8 Å². The smallest absolute Gasteiger partial charge is 0.249 e. The zero-order valence-corrected chi connectivity index (χ0v) is 23.6. The molecule has 0 aromatic heterocycles. The number of methoxy groups -OCH3 is 1. The standard InChI is InChI=1S/C33H35F3N2O4/c1-40-24-10-12-25(13-11-24)42-20-30(23-8-9-23)38-33(39)27-19-37-17-16-26(27)22-6-4-21(5-7-22)3-2-18-41-32-29(35)15-14-28(34)31(32)36/h4-7,10-15,23,30,37H,2-3,8-9,16-20H2,1H3,(H,38,39). The molecule has 1 heterocycles. The van der Waals surface area contributed by atoms with Crippen molar-refractivity contribution >= 4 is 11.5 Å². The third-order valence-corrected chi connectivity index (χ3v) is 7.65. The second-order valence-corrected chi connectivity index (χ2v) is 10.6. The van der Waals surface area contributed by atoms with E-state index in [1.165, 1.54) is 0 Å². The minimum atomic E-state index is -1.32. The highest BCUT2D eigenvalue weighted by atomic mass is 19.2. The number of amides is 1. The minimum absolute atomic E-state index is 0.0462. The number of carbonyl (C=O) groups excluding carboxylic acids is 1. The molecule has 0 saturated heterocycles. The molecule has 222 valence electrons. The molecule has 0 spiro atoms. The van der Waals surface area contributed by atoms with Gasteiger partial charge in [-0.15, -0.1) is 0 Å². The summed E-state index contributed by atoms with van der Waals surface area (Å²) in [4.78, 5) is 13.5. The van der Waals surface area contributed by atoms with Gasteiger partial charge in [0.05, 0.1) is 19.8 Å². The van der Waals surface area contributed by atoms with Gasteiger partial charge in [-0.3, -0.25) is 4.79 Å². The highest BCUT2D eigenvalue weighted by molar-refractivity contribution is 6.02. The number of benzene rings is 3. The van der Waals surface area contributed by atoms with Gasteiger partial charge in [-0.1, -0.05) is 24.3 Å². The number of hydrogen-bond acceptors (Lipinski definition) is 5. The van der Waals surface area contributed by atoms with E-state index >= 15 is 0 Å². The molecule has 1 fully saturated rings. The summed E-state index contributed by atoms with van der Waals surface area (Å²) in [5, 5.41) is 6.55. The van der Waals surface area contributed by atoms with E-state index in [1.54, 1.807) is 7.11 Å². The predicted molar refractivity (Wildman–Crippen MR) is 154 cm³/mol. The highest BCUT2D eigenvalue weighted by Crippen LogP contribution is 2.34. The number of rotatable bonds is 13. The van der Waals surface area contributed by atoms with Crippen molar-refractivity contribution < 1.29 is 32.2 Å². The highest BCUT2D eigenvalue weighted by Gasteiger charge is 2.34. The summed E-state index contributed by atoms with van der Waals surface area (Å²) >= 11 is 0. The molecule has 1 amide bonds. The molecule has 3 aromatic rings. The Bertz CT molecular complexity index is 1410. The maximum absolute atomic E-state index is 13.8. The lowest BCUT2D eigenvalue weighted by atomic mass is 9.92. The maximum Gasteiger partial charge on any atom is 0.249 e. The molecule has 5 rings (SSSR count). The van der Waals surface area contributed by atoms with Gasteiger partial charge in [-0.05, 0) is 97.7 Å². The Kier molecular flexibility index (Phi) is 9.69. The van der Waals surface area contributed by atoms with Gasteiger partial charge in [-0.25, -0.2) is 8.78 Å². The van der Waals surface area contributed by atoms with E-state index in [4.69, 9.17) is 14.2 Å². The van der Waals surface area contributed by atoms with E-state index in [1.807, 2.05) is 48.5 Å². The minimum Gasteiger partial charge on any atom is -0.497 e. The molecule has 1 aliphatic carbocycles. The molecule has 1 atom stereocenters. The Labute approximate surface area is 243 Å². The van der Waals surface area contributed by atoms with Crippen LogP contribution in [0.2, 0.25) is 0 Å². The van der Waals surface area contributed by atoms with Crippen LogP contribution in [0.25, 0.3) is 5.57 Å². The van der Waals surface area contributed by atoms with E-state index < -0.39 is 23.2 Å². The van der Waals surface area contributed by atoms with E-state index in [2.05, 4.69) is 10.6 Å². The molecule has 0 bridgehead atoms. The van der Waals surface area contributed by atoms with E-state index in [-0.39, 0.29) is 18.6 Å². The van der Waals surface area contributed by atoms with Crippen LogP contribution < -0.4 is 24.8 Å². The summed E-state index contributed by atoms with van der Waals surface area (Å²) in [5.74, 6) is -2.26. The van der Waals surface area contributed by atoms with Crippen molar-refractivity contribution in [2.24, 2.45) is 5.92 Å². The molecule has 2 aliphatic rings. The number of ether oxygens (including phenoxy) is 3. The lowest BCUT2D eigenvalue weighted by Crippen LogP contribution is -2.44. The van der Waals surface area contributed by atoms with Crippen LogP contribution in [0.15, 0.2) is 66.2 Å². The van der Waals surface area contributed by atoms with Gasteiger partial charge in [0.15, 0.2) is 17.4 Å². The van der Waals surface area contributed by atoms with Gasteiger partial charge in [0, 0.05) is 12.1 Å². The fraction of sp³-hybridized carbons (Fsp3) is 0.364. The molecule has 6 nitrogen and oxygen atoms in total. The van der Waals surface area contributed by atoms with Gasteiger partial charge < -0.3 is 24.8 Å². The summed E-state index contributed by atoms with van der Waals surface area (Å²) in [7, 11) is 1.62. The molecule has 1 aliphatic heterocycles. The van der Waals surface area contributed by atoms with Crippen molar-refractivity contribution in [2.45, 2.75) is 38.1 Å². The van der Waals surface area contributed by atoms with Gasteiger partial charge in [0.2, 0.25) is 11.7 Å². The number of carbonyl (C=O) groups is 1. The average Bonchev–Trinajstić information content (AvgIpc) is 3.87. The zero-order chi connectivity index (χ0) is 29.5. The summed E-state index contributed by atoms with van der Waals surface area (Å²) < 4.78 is 57.3. The fourth-order valence-electron chi connectivity index (χ4n) is 5.09. The van der Waals surface area contributed by atoms with Crippen molar-refractivity contribution in [2.75, 3.05) is 33.4 Å². The van der Waals surface area contributed by atoms with Gasteiger partial charge >= 0.3 is 0 Å². The second kappa shape index (κ2) is 13.8. The lowest BCUT2D eigenvalue weighted by molar-refractivity contribution is -0.118. The molecular formula is C33H35F3N2O4. The van der Waals surface area contributed by atoms with Crippen molar-refractivity contribution in [3.05, 3.63) is 94.8 Å². The van der Waals surface area contributed by atoms with Crippen LogP contribution in [0.1, 0.15) is 36.8 Å². The monoisotopic (exact) mass is 580 g/mol. The third-order valence-electron chi connectivity index (χ3n) is 7.65. The Morgan fingerprint density at radius 2 is 1.67 bits per heavy atom. The number of halogens is 3. The maximum atomic E-state index is 13.8. The van der Waals surface area contributed by atoms with Crippen molar-refractivity contribution in [1.82, 2.24) is 10.6 Å². The number of aryl methyl sites for hydroxylation is 1. The van der Waals surface area contributed by atoms with Gasteiger partial charge in [0.25, 0.3) is 0 Å². The van der Waals surface area contributed by atoms with E-state index in [0.29, 0.717) is 31.9 Å². The SMILES string of the molecule is COc1ccc(OCC(NC(=O)C2=C(c3ccc(CCCOc4c(F)ccc(F)c4F)cc3)CCNC2)C2CC2)cc1. The molecule has 42 heavy (non-hydrogen) atoms. The Hall–Kier alpha value is -3.98. The molecule has 2 N–H and O–H groups in total. The van der Waals surface area contributed by atoms with Crippen LogP contribution in [0.4, 0.5) is 13.2 Å². The van der Waals surface area contributed by atoms with Crippen molar-refractivity contribution in [1.29, 1.82) is 0 Å². The Balaban J connectivity index is 1.18. The molecule has 9 heteroatoms. The fourth-order valence-corrected chi connectivity index (χ4v) is 5.09. The summed E-state index contributed by atoms with van der Waals surface area (Å²) in [6.07, 6.45) is 3.98. The van der Waals surface area contributed by atoms with Crippen LogP contribution in [0.3, 0.4) is 0 Å². The largest absolute Gasteiger partial charge is 0.497 e. The molecule has 1 saturated carbocycles. The molecule has 0 radical (unpaired) electrons. The molecular weight excluding hydrogens is 545 g/mol. The van der Waals surface area contributed by atoms with E-state index in [0.717, 1.165) is 71.7 Å². The number of hydrogen-bond donors (Lipinski definition) is 2. The van der Waals surface area contributed by atoms with Gasteiger partial charge in [0.1, 0.15) is 18.1 Å². The lowest BCUT2D eigenvalue weighted by Gasteiger charge is -2.24. The Morgan fingerprint density at radius 1 is 0.952 bits per heavy atom. The van der Waals surface area contributed by atoms with Crippen LogP contribution in [-0.4, -0.2) is 45.4 Å². The van der Waals surface area contributed by atoms with Crippen molar-refractivity contribution in [3.63, 3.8) is 0 Å². The molecule has 1 unspecified atom stereocenters. The molecule has 3 aromatic carbocycles. The average molecular weight is 581 g/mol. The normalized spacial score (nSPS) is 15.7. The summed E-state index contributed by atoms with van der Waals surface area (Å²) in [6, 6.07) is 16.9. The van der Waals surface area contributed by atoms with E-state index in [9.17, 15) is 18.0 Å². The zero-order valence-electron chi connectivity index (χ0n) is 23.6. The summed E-state index contributed by atoms with van der Waals surface area (Å²) in [6.45, 7) is 1.72. The van der Waals surface area contributed by atoms with Crippen LogP contribution in [-0.2, 0) is 11.2 Å². The van der Waals surface area contributed by atoms with Gasteiger partial charge in [-0.2, -0.15) is 4.39 Å². The first-order valence-electron chi connectivity index (χ1n) is 14.3. The first kappa shape index (κ1) is 29.5. The second-order valence-electron chi connectivity index (χ2n) is 10.6. The first-order chi connectivity index (χ1) is 20.4. The first-order valence-corrected chi connectivity index (χ1v) is 14.3. The quantitative estimate of drug-likeness (QED) is 0.196. The summed E-state index contributed by atoms with van der Waals surface area (Å²) in [5.41, 5.74) is 3.76. The Morgan fingerprint density at radius 3 is 2.38 bits per heavy atom. The number of nitrogens with one attached hydrogen (secondary N) is 2. The predicted octanol–water partition coefficient (Wildman–Crippen LogP) is 5.84. The van der Waals surface area contributed by atoms with Crippen LogP contribution in [0, 0.1) is 23.4 Å². The van der Waals surface area contributed by atoms with Crippen LogP contribution in [0.5, 0.6) is 17.2 Å². The van der Waals surface area contributed by atoms with Crippen LogP contribution >= 0.6 is 0 Å².